The van der Waals surface area contributed by atoms with Crippen molar-refractivity contribution in [3.05, 3.63) is 51.2 Å². The Morgan fingerprint density at radius 1 is 1.17 bits per heavy atom. The van der Waals surface area contributed by atoms with E-state index in [1.807, 2.05) is 13.8 Å². The zero-order valence-electron chi connectivity index (χ0n) is 13.5. The lowest BCUT2D eigenvalue weighted by atomic mass is 10.2. The lowest BCUT2D eigenvalue weighted by molar-refractivity contribution is 0.0948. The van der Waals surface area contributed by atoms with Gasteiger partial charge in [-0.2, -0.15) is 0 Å². The van der Waals surface area contributed by atoms with Crippen LogP contribution in [0.4, 0.5) is 0 Å². The first-order valence-corrected chi connectivity index (χ1v) is 9.57. The average Bonchev–Trinajstić information content (AvgIpc) is 2.93. The third kappa shape index (κ3) is 4.08. The van der Waals surface area contributed by atoms with Crippen molar-refractivity contribution in [1.29, 1.82) is 0 Å². The van der Waals surface area contributed by atoms with Crippen LogP contribution in [0.15, 0.2) is 35.2 Å². The number of carbonyl (C=O) groups excluding carboxylic acids is 2. The maximum atomic E-state index is 12.2. The predicted octanol–water partition coefficient (Wildman–Crippen LogP) is 2.44. The molecule has 6 nitrogen and oxygen atoms in total. The molecule has 2 rings (SSSR count). The molecule has 8 heteroatoms. The van der Waals surface area contributed by atoms with Crippen LogP contribution in [0, 0.1) is 6.92 Å². The number of hydrogen-bond acceptors (Lipinski definition) is 5. The van der Waals surface area contributed by atoms with Crippen LogP contribution in [0.25, 0.3) is 0 Å². The minimum atomic E-state index is -3.90. The van der Waals surface area contributed by atoms with Crippen molar-refractivity contribution in [3.63, 3.8) is 0 Å². The van der Waals surface area contributed by atoms with Gasteiger partial charge < -0.3 is 0 Å². The van der Waals surface area contributed by atoms with E-state index in [0.29, 0.717) is 10.4 Å². The molecule has 0 saturated carbocycles. The molecule has 1 heterocycles. The Morgan fingerprint density at radius 2 is 1.79 bits per heavy atom. The topological polar surface area (TPSA) is 92.3 Å². The first kappa shape index (κ1) is 18.3. The molecular formula is C16H18N2O4S2. The summed E-state index contributed by atoms with van der Waals surface area (Å²) in [6.07, 6.45) is 0.817. The zero-order valence-corrected chi connectivity index (χ0v) is 15.2. The van der Waals surface area contributed by atoms with Crippen molar-refractivity contribution in [3.8, 4) is 0 Å². The number of hydrazine groups is 1. The third-order valence-corrected chi connectivity index (χ3v) is 6.08. The van der Waals surface area contributed by atoms with Crippen LogP contribution in [0.3, 0.4) is 0 Å². The fourth-order valence-corrected chi connectivity index (χ4v) is 3.93. The molecule has 0 radical (unpaired) electrons. The van der Waals surface area contributed by atoms with Gasteiger partial charge >= 0.3 is 0 Å². The van der Waals surface area contributed by atoms with Gasteiger partial charge in [0.25, 0.3) is 15.9 Å². The quantitative estimate of drug-likeness (QED) is 0.607. The van der Waals surface area contributed by atoms with Crippen LogP contribution in [0.1, 0.15) is 44.3 Å². The molecular weight excluding hydrogens is 348 g/mol. The average molecular weight is 366 g/mol. The van der Waals surface area contributed by atoms with Gasteiger partial charge in [-0.1, -0.05) is 19.1 Å². The van der Waals surface area contributed by atoms with E-state index >= 15 is 0 Å². The van der Waals surface area contributed by atoms with Crippen LogP contribution in [-0.2, 0) is 16.4 Å². The van der Waals surface area contributed by atoms with Crippen molar-refractivity contribution < 1.29 is 18.0 Å². The maximum absolute atomic E-state index is 12.2. The standard InChI is InChI=1S/C16H18N2O4S2/c1-4-14-10(2)9-15(23-14)16(20)17-18-24(21,22)13-7-5-12(6-8-13)11(3)19/h5-9,18H,4H2,1-3H3,(H,17,20). The molecule has 0 bridgehead atoms. The fourth-order valence-electron chi connectivity index (χ4n) is 2.09. The number of thiophene rings is 1. The molecule has 0 atom stereocenters. The molecule has 1 aromatic heterocycles. The van der Waals surface area contributed by atoms with Gasteiger partial charge in [0.15, 0.2) is 5.78 Å². The van der Waals surface area contributed by atoms with Gasteiger partial charge in [0, 0.05) is 10.4 Å². The molecule has 0 aliphatic rings. The summed E-state index contributed by atoms with van der Waals surface area (Å²) >= 11 is 1.33. The van der Waals surface area contributed by atoms with Crippen molar-refractivity contribution in [2.75, 3.05) is 0 Å². The van der Waals surface area contributed by atoms with Gasteiger partial charge in [-0.3, -0.25) is 15.0 Å². The molecule has 2 N–H and O–H groups in total. The van der Waals surface area contributed by atoms with Crippen molar-refractivity contribution >= 4 is 33.1 Å². The molecule has 128 valence electrons. The number of carbonyl (C=O) groups is 2. The highest BCUT2D eigenvalue weighted by Gasteiger charge is 2.17. The summed E-state index contributed by atoms with van der Waals surface area (Å²) < 4.78 is 24.3. The minimum absolute atomic E-state index is 0.0376. The Labute approximate surface area is 144 Å². The van der Waals surface area contributed by atoms with Gasteiger partial charge in [-0.05, 0) is 44.0 Å². The number of nitrogens with one attached hydrogen (secondary N) is 2. The first-order chi connectivity index (χ1) is 11.2. The molecule has 0 saturated heterocycles. The predicted molar refractivity (Wildman–Crippen MR) is 92.7 cm³/mol. The van der Waals surface area contributed by atoms with Crippen LogP contribution in [-0.4, -0.2) is 20.1 Å². The summed E-state index contributed by atoms with van der Waals surface area (Å²) in [5, 5.41) is 0. The SMILES string of the molecule is CCc1sc(C(=O)NNS(=O)(=O)c2ccc(C(C)=O)cc2)cc1C. The highest BCUT2D eigenvalue weighted by atomic mass is 32.2. The van der Waals surface area contributed by atoms with E-state index in [-0.39, 0.29) is 10.7 Å². The molecule has 24 heavy (non-hydrogen) atoms. The number of sulfonamides is 1. The largest absolute Gasteiger partial charge is 0.295 e. The summed E-state index contributed by atoms with van der Waals surface area (Å²) in [6, 6.07) is 7.21. The van der Waals surface area contributed by atoms with E-state index in [0.717, 1.165) is 16.9 Å². The summed E-state index contributed by atoms with van der Waals surface area (Å²) in [7, 11) is -3.90. The Bertz CT molecular complexity index is 868. The van der Waals surface area contributed by atoms with E-state index in [1.165, 1.54) is 42.5 Å². The summed E-state index contributed by atoms with van der Waals surface area (Å²) in [5.74, 6) is -0.660. The third-order valence-electron chi connectivity index (χ3n) is 3.44. The van der Waals surface area contributed by atoms with Crippen molar-refractivity contribution in [1.82, 2.24) is 10.3 Å². The number of aryl methyl sites for hydroxylation is 2. The molecule has 0 aliphatic heterocycles. The van der Waals surface area contributed by atoms with E-state index in [9.17, 15) is 18.0 Å². The molecule has 0 unspecified atom stereocenters. The van der Waals surface area contributed by atoms with E-state index in [4.69, 9.17) is 0 Å². The smallest absolute Gasteiger partial charge is 0.276 e. The first-order valence-electron chi connectivity index (χ1n) is 7.27. The highest BCUT2D eigenvalue weighted by Crippen LogP contribution is 2.22. The number of benzene rings is 1. The zero-order chi connectivity index (χ0) is 17.9. The number of ketones is 1. The van der Waals surface area contributed by atoms with Gasteiger partial charge in [0.05, 0.1) is 9.77 Å². The second-order valence-electron chi connectivity index (χ2n) is 5.21. The second kappa shape index (κ2) is 7.25. The van der Waals surface area contributed by atoms with Gasteiger partial charge in [0.2, 0.25) is 0 Å². The number of Topliss-reactive ketones (excluding diaryl/α,β-unsaturated/α-hetero) is 1. The molecule has 1 aromatic carbocycles. The molecule has 1 amide bonds. The Morgan fingerprint density at radius 3 is 2.29 bits per heavy atom. The van der Waals surface area contributed by atoms with Gasteiger partial charge in [-0.15, -0.1) is 16.2 Å². The highest BCUT2D eigenvalue weighted by molar-refractivity contribution is 7.89. The Kier molecular flexibility index (Phi) is 5.53. The number of rotatable bonds is 6. The Hall–Kier alpha value is -2.03. The van der Waals surface area contributed by atoms with Crippen LogP contribution >= 0.6 is 11.3 Å². The van der Waals surface area contributed by atoms with Gasteiger partial charge in [0.1, 0.15) is 0 Å². The molecule has 0 spiro atoms. The number of hydrogen-bond donors (Lipinski definition) is 2. The normalized spacial score (nSPS) is 11.3. The van der Waals surface area contributed by atoms with Gasteiger partial charge in [-0.25, -0.2) is 8.42 Å². The van der Waals surface area contributed by atoms with Crippen LogP contribution in [0.2, 0.25) is 0 Å². The second-order valence-corrected chi connectivity index (χ2v) is 8.03. The van der Waals surface area contributed by atoms with Crippen molar-refractivity contribution in [2.45, 2.75) is 32.1 Å². The van der Waals surface area contributed by atoms with Crippen LogP contribution < -0.4 is 10.3 Å². The minimum Gasteiger partial charge on any atom is -0.295 e. The van der Waals surface area contributed by atoms with E-state index in [2.05, 4.69) is 10.3 Å². The van der Waals surface area contributed by atoms with Crippen LogP contribution in [0.5, 0.6) is 0 Å². The molecule has 0 aliphatic carbocycles. The van der Waals surface area contributed by atoms with Crippen molar-refractivity contribution in [2.24, 2.45) is 0 Å². The summed E-state index contributed by atoms with van der Waals surface area (Å²) in [5.41, 5.74) is 3.63. The number of amides is 1. The molecule has 2 aromatic rings. The maximum Gasteiger partial charge on any atom is 0.276 e. The van der Waals surface area contributed by atoms with E-state index < -0.39 is 15.9 Å². The molecule has 0 fully saturated rings. The van der Waals surface area contributed by atoms with E-state index in [1.54, 1.807) is 6.07 Å². The fraction of sp³-hybridized carbons (Fsp3) is 0.250. The summed E-state index contributed by atoms with van der Waals surface area (Å²) in [6.45, 7) is 5.30. The Balaban J connectivity index is 2.08. The monoisotopic (exact) mass is 366 g/mol. The lowest BCUT2D eigenvalue weighted by Gasteiger charge is -2.08. The summed E-state index contributed by atoms with van der Waals surface area (Å²) in [4.78, 5) is 26.8. The lowest BCUT2D eigenvalue weighted by Crippen LogP contribution is -2.41.